The molecule has 0 bridgehead atoms. The highest BCUT2D eigenvalue weighted by Crippen LogP contribution is 2.34. The first-order valence-electron chi connectivity index (χ1n) is 9.06. The molecular formula is C20H22N2O4S2. The second kappa shape index (κ2) is 8.79. The van der Waals surface area contributed by atoms with Crippen molar-refractivity contribution in [2.75, 3.05) is 10.1 Å². The Balaban J connectivity index is 1.83. The van der Waals surface area contributed by atoms with E-state index in [2.05, 4.69) is 5.32 Å². The van der Waals surface area contributed by atoms with Gasteiger partial charge in [0.2, 0.25) is 15.9 Å². The van der Waals surface area contributed by atoms with Gasteiger partial charge < -0.3 is 0 Å². The van der Waals surface area contributed by atoms with Gasteiger partial charge in [-0.25, -0.2) is 8.42 Å². The molecule has 0 saturated carbocycles. The minimum Gasteiger partial charge on any atom is -0.286 e. The van der Waals surface area contributed by atoms with Crippen LogP contribution in [0.2, 0.25) is 0 Å². The van der Waals surface area contributed by atoms with E-state index < -0.39 is 15.3 Å². The SMILES string of the molecule is CCCCS(=O)(=O)N(Cc1ccc(C2SC(=O)NC2=O)cc1)c1ccccc1. The molecular weight excluding hydrogens is 396 g/mol. The first kappa shape index (κ1) is 20.4. The van der Waals surface area contributed by atoms with Crippen molar-refractivity contribution >= 4 is 38.6 Å². The monoisotopic (exact) mass is 418 g/mol. The summed E-state index contributed by atoms with van der Waals surface area (Å²) in [5, 5.41) is 1.36. The Morgan fingerprint density at radius 1 is 1.04 bits per heavy atom. The van der Waals surface area contributed by atoms with E-state index in [1.165, 1.54) is 4.31 Å². The number of hydrogen-bond donors (Lipinski definition) is 1. The van der Waals surface area contributed by atoms with E-state index >= 15 is 0 Å². The number of unbranched alkanes of at least 4 members (excludes halogenated alkanes) is 1. The molecule has 2 aromatic rings. The minimum atomic E-state index is -3.46. The molecule has 2 amide bonds. The van der Waals surface area contributed by atoms with Crippen molar-refractivity contribution in [3.05, 3.63) is 65.7 Å². The number of rotatable bonds is 8. The summed E-state index contributed by atoms with van der Waals surface area (Å²) in [5.74, 6) is -0.229. The lowest BCUT2D eigenvalue weighted by Gasteiger charge is -2.25. The molecule has 6 nitrogen and oxygen atoms in total. The summed E-state index contributed by atoms with van der Waals surface area (Å²) < 4.78 is 27.2. The van der Waals surface area contributed by atoms with E-state index in [1.807, 2.05) is 25.1 Å². The average Bonchev–Trinajstić information content (AvgIpc) is 3.03. The summed E-state index contributed by atoms with van der Waals surface area (Å²) in [6.07, 6.45) is 1.41. The fourth-order valence-electron chi connectivity index (χ4n) is 2.92. The Morgan fingerprint density at radius 2 is 1.71 bits per heavy atom. The largest absolute Gasteiger partial charge is 0.286 e. The molecule has 8 heteroatoms. The Hall–Kier alpha value is -2.32. The van der Waals surface area contributed by atoms with Crippen LogP contribution in [0.3, 0.4) is 0 Å². The van der Waals surface area contributed by atoms with Crippen molar-refractivity contribution in [1.29, 1.82) is 0 Å². The molecule has 1 aliphatic heterocycles. The quantitative estimate of drug-likeness (QED) is 0.704. The van der Waals surface area contributed by atoms with E-state index in [-0.39, 0.29) is 23.4 Å². The molecule has 2 aromatic carbocycles. The number of hydrogen-bond acceptors (Lipinski definition) is 5. The van der Waals surface area contributed by atoms with Crippen molar-refractivity contribution < 1.29 is 18.0 Å². The molecule has 1 heterocycles. The van der Waals surface area contributed by atoms with Gasteiger partial charge in [0, 0.05) is 0 Å². The van der Waals surface area contributed by atoms with Crippen molar-refractivity contribution in [3.8, 4) is 0 Å². The molecule has 148 valence electrons. The van der Waals surface area contributed by atoms with Crippen LogP contribution >= 0.6 is 11.8 Å². The summed E-state index contributed by atoms with van der Waals surface area (Å²) >= 11 is 0.951. The highest BCUT2D eigenvalue weighted by molar-refractivity contribution is 8.15. The summed E-state index contributed by atoms with van der Waals surface area (Å²) in [6.45, 7) is 2.17. The van der Waals surface area contributed by atoms with E-state index in [0.717, 1.165) is 29.3 Å². The molecule has 0 spiro atoms. The topological polar surface area (TPSA) is 83.6 Å². The molecule has 1 saturated heterocycles. The van der Waals surface area contributed by atoms with Gasteiger partial charge in [-0.15, -0.1) is 0 Å². The Morgan fingerprint density at radius 3 is 2.29 bits per heavy atom. The maximum atomic E-state index is 12.9. The van der Waals surface area contributed by atoms with Crippen LogP contribution in [0.1, 0.15) is 36.1 Å². The van der Waals surface area contributed by atoms with Crippen LogP contribution in [-0.4, -0.2) is 25.3 Å². The van der Waals surface area contributed by atoms with Gasteiger partial charge in [-0.3, -0.25) is 19.2 Å². The summed E-state index contributed by atoms with van der Waals surface area (Å²) in [7, 11) is -3.46. The van der Waals surface area contributed by atoms with Crippen molar-refractivity contribution in [2.45, 2.75) is 31.6 Å². The Labute approximate surface area is 169 Å². The molecule has 0 radical (unpaired) electrons. The number of sulfonamides is 1. The molecule has 1 N–H and O–H groups in total. The van der Waals surface area contributed by atoms with Crippen molar-refractivity contribution in [2.24, 2.45) is 0 Å². The minimum absolute atomic E-state index is 0.0947. The molecule has 1 fully saturated rings. The maximum Gasteiger partial charge on any atom is 0.286 e. The van der Waals surface area contributed by atoms with Crippen LogP contribution in [-0.2, 0) is 21.4 Å². The number of benzene rings is 2. The first-order valence-corrected chi connectivity index (χ1v) is 11.6. The zero-order valence-corrected chi connectivity index (χ0v) is 17.1. The van der Waals surface area contributed by atoms with E-state index in [0.29, 0.717) is 12.1 Å². The first-order chi connectivity index (χ1) is 13.4. The predicted molar refractivity (Wildman–Crippen MR) is 112 cm³/mol. The molecule has 1 aliphatic rings. The zero-order valence-electron chi connectivity index (χ0n) is 15.5. The molecule has 28 heavy (non-hydrogen) atoms. The van der Waals surface area contributed by atoms with Gasteiger partial charge in [0.1, 0.15) is 5.25 Å². The van der Waals surface area contributed by atoms with Gasteiger partial charge in [-0.1, -0.05) is 55.8 Å². The maximum absolute atomic E-state index is 12.9. The number of nitrogens with zero attached hydrogens (tertiary/aromatic N) is 1. The van der Waals surface area contributed by atoms with E-state index in [4.69, 9.17) is 0 Å². The lowest BCUT2D eigenvalue weighted by molar-refractivity contribution is -0.119. The average molecular weight is 419 g/mol. The highest BCUT2D eigenvalue weighted by Gasteiger charge is 2.32. The number of thioether (sulfide) groups is 1. The van der Waals surface area contributed by atoms with Gasteiger partial charge in [-0.05, 0) is 41.4 Å². The molecule has 1 unspecified atom stereocenters. The van der Waals surface area contributed by atoms with Crippen LogP contribution in [0.25, 0.3) is 0 Å². The van der Waals surface area contributed by atoms with Crippen LogP contribution in [0.4, 0.5) is 10.5 Å². The third kappa shape index (κ3) is 4.74. The zero-order chi connectivity index (χ0) is 20.1. The van der Waals surface area contributed by atoms with Crippen LogP contribution in [0.15, 0.2) is 54.6 Å². The number of carbonyl (C=O) groups is 2. The van der Waals surface area contributed by atoms with Gasteiger partial charge in [0.15, 0.2) is 0 Å². The number of nitrogens with one attached hydrogen (secondary N) is 1. The number of amides is 2. The van der Waals surface area contributed by atoms with E-state index in [1.54, 1.807) is 36.4 Å². The van der Waals surface area contributed by atoms with Crippen molar-refractivity contribution in [1.82, 2.24) is 5.32 Å². The normalized spacial score (nSPS) is 16.8. The number of carbonyl (C=O) groups excluding carboxylic acids is 2. The van der Waals surface area contributed by atoms with Gasteiger partial charge >= 0.3 is 0 Å². The third-order valence-electron chi connectivity index (χ3n) is 4.43. The fourth-order valence-corrected chi connectivity index (χ4v) is 5.42. The summed E-state index contributed by atoms with van der Waals surface area (Å²) in [4.78, 5) is 23.2. The molecule has 0 aliphatic carbocycles. The molecule has 3 rings (SSSR count). The number of para-hydroxylation sites is 1. The molecule has 0 aromatic heterocycles. The van der Waals surface area contributed by atoms with E-state index in [9.17, 15) is 18.0 Å². The predicted octanol–water partition coefficient (Wildman–Crippen LogP) is 3.85. The lowest BCUT2D eigenvalue weighted by atomic mass is 10.1. The summed E-state index contributed by atoms with van der Waals surface area (Å²) in [5.41, 5.74) is 2.15. The van der Waals surface area contributed by atoms with Crippen LogP contribution in [0.5, 0.6) is 0 Å². The second-order valence-corrected chi connectivity index (χ2v) is 9.62. The Bertz CT molecular complexity index is 944. The van der Waals surface area contributed by atoms with Crippen LogP contribution in [0, 0.1) is 0 Å². The molecule has 1 atom stereocenters. The Kier molecular flexibility index (Phi) is 6.41. The third-order valence-corrected chi connectivity index (χ3v) is 7.29. The standard InChI is InChI=1S/C20H22N2O4S2/c1-2-3-13-28(25,26)22(17-7-5-4-6-8-17)14-15-9-11-16(12-10-15)18-19(23)21-20(24)27-18/h4-12,18H,2-3,13-14H2,1H3,(H,21,23,24). The smallest absolute Gasteiger partial charge is 0.286 e. The summed E-state index contributed by atoms with van der Waals surface area (Å²) in [6, 6.07) is 16.2. The van der Waals surface area contributed by atoms with Gasteiger partial charge in [0.05, 0.1) is 18.0 Å². The highest BCUT2D eigenvalue weighted by atomic mass is 32.2. The number of anilines is 1. The lowest BCUT2D eigenvalue weighted by Crippen LogP contribution is -2.32. The van der Waals surface area contributed by atoms with Gasteiger partial charge in [-0.2, -0.15) is 0 Å². The second-order valence-electron chi connectivity index (χ2n) is 6.53. The van der Waals surface area contributed by atoms with Gasteiger partial charge in [0.25, 0.3) is 5.24 Å². The van der Waals surface area contributed by atoms with Crippen LogP contribution < -0.4 is 9.62 Å². The fraction of sp³-hybridized carbons (Fsp3) is 0.300. The van der Waals surface area contributed by atoms with Crippen molar-refractivity contribution in [3.63, 3.8) is 0 Å². The number of imide groups is 1.